The van der Waals surface area contributed by atoms with E-state index in [2.05, 4.69) is 35.0 Å². The van der Waals surface area contributed by atoms with E-state index in [0.717, 1.165) is 21.4 Å². The molecule has 1 atom stereocenters. The van der Waals surface area contributed by atoms with Gasteiger partial charge in [-0.2, -0.15) is 0 Å². The first-order chi connectivity index (χ1) is 8.49. The molecule has 0 spiro atoms. The van der Waals surface area contributed by atoms with Crippen LogP contribution >= 0.6 is 11.3 Å². The normalized spacial score (nSPS) is 12.5. The molecule has 1 aromatic heterocycles. The predicted octanol–water partition coefficient (Wildman–Crippen LogP) is 3.58. The summed E-state index contributed by atoms with van der Waals surface area (Å²) >= 11 is 1.54. The van der Waals surface area contributed by atoms with Crippen LogP contribution in [-0.2, 0) is 0 Å². The first-order valence-corrected chi connectivity index (χ1v) is 6.76. The molecule has 0 aliphatic heterocycles. The van der Waals surface area contributed by atoms with Gasteiger partial charge in [0.05, 0.1) is 16.7 Å². The second kappa shape index (κ2) is 5.08. The van der Waals surface area contributed by atoms with Crippen LogP contribution in [0.4, 0.5) is 10.8 Å². The van der Waals surface area contributed by atoms with Crippen LogP contribution in [0.2, 0.25) is 0 Å². The first-order valence-electron chi connectivity index (χ1n) is 5.95. The monoisotopic (exact) mass is 262 g/mol. The number of aliphatic hydroxyl groups excluding tert-OH is 1. The molecule has 3 nitrogen and oxygen atoms in total. The van der Waals surface area contributed by atoms with E-state index < -0.39 is 6.10 Å². The highest BCUT2D eigenvalue weighted by Crippen LogP contribution is 2.33. The molecule has 2 aromatic rings. The van der Waals surface area contributed by atoms with E-state index in [1.54, 1.807) is 18.3 Å². The third-order valence-electron chi connectivity index (χ3n) is 2.88. The average Bonchev–Trinajstić information content (AvgIpc) is 2.70. The van der Waals surface area contributed by atoms with E-state index >= 15 is 0 Å². The van der Waals surface area contributed by atoms with Crippen molar-refractivity contribution in [2.75, 3.05) is 11.9 Å². The van der Waals surface area contributed by atoms with Crippen molar-refractivity contribution in [3.05, 3.63) is 40.4 Å². The second-order valence-corrected chi connectivity index (χ2v) is 5.53. The minimum absolute atomic E-state index is 0.456. The fourth-order valence-corrected chi connectivity index (χ4v) is 2.86. The van der Waals surface area contributed by atoms with Gasteiger partial charge in [0.2, 0.25) is 0 Å². The minimum atomic E-state index is -0.456. The fourth-order valence-electron chi connectivity index (χ4n) is 1.87. The van der Waals surface area contributed by atoms with Crippen molar-refractivity contribution in [1.82, 2.24) is 4.98 Å². The van der Waals surface area contributed by atoms with Crippen LogP contribution < -0.4 is 4.90 Å². The van der Waals surface area contributed by atoms with Crippen LogP contribution in [0.25, 0.3) is 0 Å². The van der Waals surface area contributed by atoms with E-state index in [1.165, 1.54) is 5.56 Å². The lowest BCUT2D eigenvalue weighted by atomic mass is 10.2. The molecule has 1 N–H and O–H groups in total. The lowest BCUT2D eigenvalue weighted by Gasteiger charge is -2.16. The van der Waals surface area contributed by atoms with Crippen molar-refractivity contribution in [2.24, 2.45) is 0 Å². The van der Waals surface area contributed by atoms with E-state index in [0.29, 0.717) is 0 Å². The summed E-state index contributed by atoms with van der Waals surface area (Å²) < 4.78 is 0. The van der Waals surface area contributed by atoms with E-state index in [9.17, 15) is 5.11 Å². The molecule has 0 saturated heterocycles. The van der Waals surface area contributed by atoms with Crippen LogP contribution in [0.3, 0.4) is 0 Å². The lowest BCUT2D eigenvalue weighted by Crippen LogP contribution is -2.08. The Bertz CT molecular complexity index is 548. The molecule has 96 valence electrons. The van der Waals surface area contributed by atoms with Gasteiger partial charge in [0.15, 0.2) is 5.13 Å². The third kappa shape index (κ3) is 2.54. The maximum absolute atomic E-state index is 9.67. The Balaban J connectivity index is 2.34. The van der Waals surface area contributed by atoms with Crippen molar-refractivity contribution in [3.63, 3.8) is 0 Å². The number of hydrogen-bond acceptors (Lipinski definition) is 4. The van der Waals surface area contributed by atoms with Gasteiger partial charge in [-0.25, -0.2) is 4.98 Å². The van der Waals surface area contributed by atoms with E-state index in [-0.39, 0.29) is 0 Å². The molecule has 0 saturated carbocycles. The van der Waals surface area contributed by atoms with Crippen molar-refractivity contribution in [3.8, 4) is 0 Å². The Hall–Kier alpha value is -1.39. The number of aliphatic hydroxyl groups is 1. The van der Waals surface area contributed by atoms with Gasteiger partial charge in [0.25, 0.3) is 0 Å². The van der Waals surface area contributed by atoms with Crippen molar-refractivity contribution in [1.29, 1.82) is 0 Å². The summed E-state index contributed by atoms with van der Waals surface area (Å²) in [7, 11) is 2.00. The molecule has 4 heteroatoms. The van der Waals surface area contributed by atoms with Gasteiger partial charge in [-0.15, -0.1) is 0 Å². The smallest absolute Gasteiger partial charge is 0.190 e. The molecule has 2 rings (SSSR count). The summed E-state index contributed by atoms with van der Waals surface area (Å²) in [5.41, 5.74) is 3.24. The lowest BCUT2D eigenvalue weighted by molar-refractivity contribution is 0.202. The zero-order chi connectivity index (χ0) is 13.3. The van der Waals surface area contributed by atoms with Crippen LogP contribution in [0.15, 0.2) is 24.3 Å². The number of nitrogens with zero attached hydrogens (tertiary/aromatic N) is 2. The summed E-state index contributed by atoms with van der Waals surface area (Å²) in [5.74, 6) is 0. The molecule has 0 aliphatic rings. The standard InChI is InChI=1S/C14H18N2OS/c1-9-6-5-7-12(8-9)16(4)14-15-10(2)13(18-14)11(3)17/h5-8,11,17H,1-4H3. The van der Waals surface area contributed by atoms with Crippen molar-refractivity contribution < 1.29 is 5.11 Å². The molecule has 0 fully saturated rings. The number of hydrogen-bond donors (Lipinski definition) is 1. The highest BCUT2D eigenvalue weighted by Gasteiger charge is 2.15. The molecule has 0 aliphatic carbocycles. The number of benzene rings is 1. The summed E-state index contributed by atoms with van der Waals surface area (Å²) in [6.07, 6.45) is -0.456. The van der Waals surface area contributed by atoms with Gasteiger partial charge in [-0.3, -0.25) is 0 Å². The number of anilines is 2. The summed E-state index contributed by atoms with van der Waals surface area (Å²) in [5, 5.41) is 10.6. The SMILES string of the molecule is Cc1cccc(N(C)c2nc(C)c(C(C)O)s2)c1. The molecule has 1 unspecified atom stereocenters. The molecule has 0 amide bonds. The highest BCUT2D eigenvalue weighted by atomic mass is 32.1. The van der Waals surface area contributed by atoms with Crippen LogP contribution in [0.1, 0.15) is 29.2 Å². The van der Waals surface area contributed by atoms with Crippen LogP contribution in [0, 0.1) is 13.8 Å². The van der Waals surface area contributed by atoms with Gasteiger partial charge < -0.3 is 10.0 Å². The topological polar surface area (TPSA) is 36.4 Å². The van der Waals surface area contributed by atoms with Gasteiger partial charge in [0, 0.05) is 12.7 Å². The quantitative estimate of drug-likeness (QED) is 0.918. The maximum Gasteiger partial charge on any atom is 0.190 e. The molecular formula is C14H18N2OS. The number of rotatable bonds is 3. The fraction of sp³-hybridized carbons (Fsp3) is 0.357. The summed E-state index contributed by atoms with van der Waals surface area (Å²) in [6, 6.07) is 8.30. The average molecular weight is 262 g/mol. The zero-order valence-electron chi connectivity index (χ0n) is 11.1. The van der Waals surface area contributed by atoms with Crippen LogP contribution in [0.5, 0.6) is 0 Å². The second-order valence-electron chi connectivity index (χ2n) is 4.52. The summed E-state index contributed by atoms with van der Waals surface area (Å²) in [6.45, 7) is 5.79. The molecule has 1 aromatic carbocycles. The largest absolute Gasteiger partial charge is 0.388 e. The predicted molar refractivity (Wildman–Crippen MR) is 76.7 cm³/mol. The van der Waals surface area contributed by atoms with Crippen LogP contribution in [-0.4, -0.2) is 17.1 Å². The first kappa shape index (κ1) is 13.1. The van der Waals surface area contributed by atoms with E-state index in [1.807, 2.05) is 20.0 Å². The maximum atomic E-state index is 9.67. The highest BCUT2D eigenvalue weighted by molar-refractivity contribution is 7.15. The molecular weight excluding hydrogens is 244 g/mol. The van der Waals surface area contributed by atoms with E-state index in [4.69, 9.17) is 0 Å². The number of thiazole rings is 1. The number of aryl methyl sites for hydroxylation is 2. The van der Waals surface area contributed by atoms with Gasteiger partial charge in [0.1, 0.15) is 0 Å². The Morgan fingerprint density at radius 3 is 2.61 bits per heavy atom. The molecule has 0 bridgehead atoms. The Labute approximate surface area is 112 Å². The zero-order valence-corrected chi connectivity index (χ0v) is 12.0. The van der Waals surface area contributed by atoms with Crippen molar-refractivity contribution in [2.45, 2.75) is 26.9 Å². The number of aromatic nitrogens is 1. The van der Waals surface area contributed by atoms with Gasteiger partial charge in [-0.05, 0) is 38.5 Å². The van der Waals surface area contributed by atoms with Gasteiger partial charge >= 0.3 is 0 Å². The Morgan fingerprint density at radius 1 is 1.33 bits per heavy atom. The Morgan fingerprint density at radius 2 is 2.06 bits per heavy atom. The Kier molecular flexibility index (Phi) is 3.68. The van der Waals surface area contributed by atoms with Gasteiger partial charge in [-0.1, -0.05) is 23.5 Å². The van der Waals surface area contributed by atoms with Crippen molar-refractivity contribution >= 4 is 22.2 Å². The molecule has 0 radical (unpaired) electrons. The third-order valence-corrected chi connectivity index (χ3v) is 4.28. The molecule has 18 heavy (non-hydrogen) atoms. The minimum Gasteiger partial charge on any atom is -0.388 e. The molecule has 1 heterocycles. The summed E-state index contributed by atoms with van der Waals surface area (Å²) in [4.78, 5) is 7.51.